The van der Waals surface area contributed by atoms with Crippen molar-refractivity contribution in [3.05, 3.63) is 0 Å². The van der Waals surface area contributed by atoms with Gasteiger partial charge in [-0.05, 0) is 31.6 Å². The minimum absolute atomic E-state index is 0.108. The summed E-state index contributed by atoms with van der Waals surface area (Å²) in [4.78, 5) is 73.2. The Morgan fingerprint density at radius 3 is 0.648 bits per heavy atom. The highest BCUT2D eigenvalue weighted by Gasteiger charge is 2.30. The van der Waals surface area contributed by atoms with E-state index in [-0.39, 0.29) is 25.7 Å². The molecule has 0 aromatic rings. The number of phosphoric ester groups is 2. The number of carbonyl (C=O) groups excluding carboxylic acids is 4. The third-order valence-corrected chi connectivity index (χ3v) is 22.2. The number of unbranched alkanes of at least 4 members (excludes halogenated alkanes) is 58. The Bertz CT molecular complexity index is 2000. The lowest BCUT2D eigenvalue weighted by molar-refractivity contribution is -0.161. The van der Waals surface area contributed by atoms with E-state index in [0.717, 1.165) is 95.8 Å². The van der Waals surface area contributed by atoms with E-state index in [2.05, 4.69) is 34.6 Å². The predicted octanol–water partition coefficient (Wildman–Crippen LogP) is 26.4. The van der Waals surface area contributed by atoms with Gasteiger partial charge in [0.05, 0.1) is 26.4 Å². The lowest BCUT2D eigenvalue weighted by Crippen LogP contribution is -2.30. The number of esters is 4. The maximum absolute atomic E-state index is 13.1. The zero-order valence-corrected chi connectivity index (χ0v) is 70.7. The van der Waals surface area contributed by atoms with Gasteiger partial charge < -0.3 is 33.8 Å². The summed E-state index contributed by atoms with van der Waals surface area (Å²) in [5.41, 5.74) is 0. The van der Waals surface area contributed by atoms with Gasteiger partial charge >= 0.3 is 39.5 Å². The standard InChI is InChI=1S/C86H168O17P2/c1-6-9-12-15-18-21-24-27-30-32-33-34-35-36-37-40-43-46-51-57-62-67-72-86(91)102-81(75-96-83(88)69-64-59-54-49-44-41-39-31-28-25-22-19-16-13-10-7-2)77-100-104(92,93)98-73-80(87)74-99-105(94,95)101-78-82(76-97-84(89)70-65-60-55-52-47-48-53-58-63-68-79(4)5)103-85(90)71-66-61-56-50-45-42-38-29-26-23-20-17-14-11-8-3/h79-82,87H,6-78H2,1-5H3,(H,92,93)(H,94,95)/t80-,81-,82-/m1/s1. The molecule has 17 nitrogen and oxygen atoms in total. The van der Waals surface area contributed by atoms with Crippen molar-refractivity contribution in [1.82, 2.24) is 0 Å². The average Bonchev–Trinajstić information content (AvgIpc) is 0.908. The molecule has 0 aliphatic carbocycles. The van der Waals surface area contributed by atoms with E-state index in [9.17, 15) is 43.2 Å². The number of hydrogen-bond acceptors (Lipinski definition) is 15. The van der Waals surface area contributed by atoms with Gasteiger partial charge in [0, 0.05) is 25.7 Å². The van der Waals surface area contributed by atoms with Crippen LogP contribution >= 0.6 is 15.6 Å². The molecule has 0 bridgehead atoms. The van der Waals surface area contributed by atoms with Crippen LogP contribution in [0.1, 0.15) is 465 Å². The quantitative estimate of drug-likeness (QED) is 0.0222. The highest BCUT2D eigenvalue weighted by Crippen LogP contribution is 2.45. The lowest BCUT2D eigenvalue weighted by Gasteiger charge is -2.21. The second kappa shape index (κ2) is 78.7. The molecule has 0 aromatic carbocycles. The largest absolute Gasteiger partial charge is 0.472 e. The number of phosphoric acid groups is 2. The summed E-state index contributed by atoms with van der Waals surface area (Å²) in [6, 6.07) is 0. The van der Waals surface area contributed by atoms with E-state index in [1.807, 2.05) is 0 Å². The van der Waals surface area contributed by atoms with Crippen LogP contribution in [0.5, 0.6) is 0 Å². The molecule has 3 N–H and O–H groups in total. The molecular weight excluding hydrogens is 1370 g/mol. The molecule has 2 unspecified atom stereocenters. The molecule has 0 aliphatic rings. The van der Waals surface area contributed by atoms with Crippen LogP contribution in [0.15, 0.2) is 0 Å². The highest BCUT2D eigenvalue weighted by atomic mass is 31.2. The fourth-order valence-corrected chi connectivity index (χ4v) is 15.1. The van der Waals surface area contributed by atoms with Crippen LogP contribution in [0.2, 0.25) is 0 Å². The van der Waals surface area contributed by atoms with Crippen molar-refractivity contribution >= 4 is 39.5 Å². The van der Waals surface area contributed by atoms with Crippen molar-refractivity contribution in [2.75, 3.05) is 39.6 Å². The van der Waals surface area contributed by atoms with Crippen molar-refractivity contribution in [1.29, 1.82) is 0 Å². The van der Waals surface area contributed by atoms with Gasteiger partial charge in [-0.1, -0.05) is 413 Å². The Morgan fingerprint density at radius 2 is 0.438 bits per heavy atom. The Balaban J connectivity index is 5.23. The Kier molecular flexibility index (Phi) is 77.3. The summed E-state index contributed by atoms with van der Waals surface area (Å²) in [6.45, 7) is 7.35. The molecule has 0 aromatic heterocycles. The number of rotatable bonds is 86. The molecule has 0 spiro atoms. The minimum atomic E-state index is -4.97. The Labute approximate surface area is 645 Å². The fraction of sp³-hybridized carbons (Fsp3) is 0.953. The summed E-state index contributed by atoms with van der Waals surface area (Å²) in [7, 11) is -9.93. The molecule has 0 amide bonds. The maximum Gasteiger partial charge on any atom is 0.472 e. The van der Waals surface area contributed by atoms with E-state index >= 15 is 0 Å². The first-order valence-corrected chi connectivity index (χ1v) is 47.6. The van der Waals surface area contributed by atoms with Gasteiger partial charge in [-0.2, -0.15) is 0 Å². The molecule has 5 atom stereocenters. The van der Waals surface area contributed by atoms with E-state index in [4.69, 9.17) is 37.0 Å². The van der Waals surface area contributed by atoms with Gasteiger partial charge in [-0.3, -0.25) is 37.3 Å². The predicted molar refractivity (Wildman–Crippen MR) is 432 cm³/mol. The van der Waals surface area contributed by atoms with Crippen LogP contribution in [-0.4, -0.2) is 96.7 Å². The van der Waals surface area contributed by atoms with Gasteiger partial charge in [0.15, 0.2) is 12.2 Å². The zero-order chi connectivity index (χ0) is 76.9. The first-order valence-electron chi connectivity index (χ1n) is 44.6. The molecule has 0 saturated carbocycles. The van der Waals surface area contributed by atoms with Gasteiger partial charge in [-0.15, -0.1) is 0 Å². The summed E-state index contributed by atoms with van der Waals surface area (Å²) < 4.78 is 68.9. The van der Waals surface area contributed by atoms with Crippen LogP contribution in [0.25, 0.3) is 0 Å². The maximum atomic E-state index is 13.1. The molecule has 0 fully saturated rings. The average molecular weight is 1540 g/mol. The third kappa shape index (κ3) is 79.9. The normalized spacial score (nSPS) is 13.8. The monoisotopic (exact) mass is 1540 g/mol. The number of hydrogen-bond donors (Lipinski definition) is 3. The van der Waals surface area contributed by atoms with E-state index in [0.29, 0.717) is 25.7 Å². The third-order valence-electron chi connectivity index (χ3n) is 20.3. The van der Waals surface area contributed by atoms with Crippen molar-refractivity contribution < 1.29 is 80.2 Å². The second-order valence-corrected chi connectivity index (χ2v) is 34.3. The second-order valence-electron chi connectivity index (χ2n) is 31.4. The Hall–Kier alpha value is -1.94. The highest BCUT2D eigenvalue weighted by molar-refractivity contribution is 7.47. The van der Waals surface area contributed by atoms with Gasteiger partial charge in [-0.25, -0.2) is 9.13 Å². The van der Waals surface area contributed by atoms with Crippen LogP contribution in [0, 0.1) is 5.92 Å². The van der Waals surface area contributed by atoms with Crippen molar-refractivity contribution in [2.24, 2.45) is 5.92 Å². The molecule has 0 radical (unpaired) electrons. The zero-order valence-electron chi connectivity index (χ0n) is 68.9. The molecule has 0 rings (SSSR count). The number of aliphatic hydroxyl groups excluding tert-OH is 1. The molecule has 105 heavy (non-hydrogen) atoms. The van der Waals surface area contributed by atoms with Crippen LogP contribution < -0.4 is 0 Å². The summed E-state index contributed by atoms with van der Waals surface area (Å²) in [5.74, 6) is -1.36. The lowest BCUT2D eigenvalue weighted by atomic mass is 10.0. The van der Waals surface area contributed by atoms with Crippen LogP contribution in [0.3, 0.4) is 0 Å². The molecule has 624 valence electrons. The topological polar surface area (TPSA) is 237 Å². The summed E-state index contributed by atoms with van der Waals surface area (Å²) >= 11 is 0. The first kappa shape index (κ1) is 103. The molecule has 19 heteroatoms. The van der Waals surface area contributed by atoms with Crippen molar-refractivity contribution in [3.63, 3.8) is 0 Å². The van der Waals surface area contributed by atoms with Crippen molar-refractivity contribution in [2.45, 2.75) is 483 Å². The van der Waals surface area contributed by atoms with Gasteiger partial charge in [0.25, 0.3) is 0 Å². The SMILES string of the molecule is CCCCCCCCCCCCCCCCCCCCCCCCC(=O)O[C@H](COC(=O)CCCCCCCCCCCCCCCCCC)COP(=O)(O)OC[C@@H](O)COP(=O)(O)OC[C@@H](COC(=O)CCCCCCCCCCCC(C)C)OC(=O)CCCCCCCCCCCCCCCCC. The number of aliphatic hydroxyl groups is 1. The van der Waals surface area contributed by atoms with Gasteiger partial charge in [0.1, 0.15) is 19.3 Å². The smallest absolute Gasteiger partial charge is 0.462 e. The molecule has 0 aliphatic heterocycles. The molecule has 0 saturated heterocycles. The van der Waals surface area contributed by atoms with Crippen molar-refractivity contribution in [3.8, 4) is 0 Å². The molecular formula is C86H168O17P2. The summed E-state index contributed by atoms with van der Waals surface area (Å²) in [5, 5.41) is 10.7. The van der Waals surface area contributed by atoms with E-state index < -0.39 is 97.5 Å². The number of carbonyl (C=O) groups is 4. The van der Waals surface area contributed by atoms with E-state index in [1.165, 1.54) is 289 Å². The fourth-order valence-electron chi connectivity index (χ4n) is 13.5. The van der Waals surface area contributed by atoms with E-state index in [1.54, 1.807) is 0 Å². The molecule has 0 heterocycles. The van der Waals surface area contributed by atoms with Crippen LogP contribution in [0.4, 0.5) is 0 Å². The first-order chi connectivity index (χ1) is 51.0. The minimum Gasteiger partial charge on any atom is -0.462 e. The number of ether oxygens (including phenoxy) is 4. The summed E-state index contributed by atoms with van der Waals surface area (Å²) in [6.07, 6.45) is 72.2. The van der Waals surface area contributed by atoms with Gasteiger partial charge in [0.2, 0.25) is 0 Å². The Morgan fingerprint density at radius 1 is 0.257 bits per heavy atom. The van der Waals surface area contributed by atoms with Crippen LogP contribution in [-0.2, 0) is 65.4 Å².